The summed E-state index contributed by atoms with van der Waals surface area (Å²) in [6, 6.07) is 13.6. The van der Waals surface area contributed by atoms with Gasteiger partial charge in [-0.1, -0.05) is 42.5 Å². The second-order valence-electron chi connectivity index (χ2n) is 6.96. The Hall–Kier alpha value is -2.62. The number of carbonyl (C=O) groups excluding carboxylic acids is 2. The minimum atomic E-state index is -0.588. The van der Waals surface area contributed by atoms with Crippen molar-refractivity contribution in [3.63, 3.8) is 0 Å². The largest absolute Gasteiger partial charge is 0.443 e. The number of fused-ring (bicyclic) bond motifs is 1. The Labute approximate surface area is 141 Å². The minimum Gasteiger partial charge on any atom is -0.443 e. The SMILES string of the molecule is CC(C)(C)OC(=O)N1C=CC(=O)CC1c1cccc2ccccc12. The van der Waals surface area contributed by atoms with Crippen molar-refractivity contribution in [1.82, 2.24) is 4.90 Å². The molecule has 0 radical (unpaired) electrons. The van der Waals surface area contributed by atoms with Gasteiger partial charge in [0.25, 0.3) is 0 Å². The summed E-state index contributed by atoms with van der Waals surface area (Å²) in [5.74, 6) is 0.00717. The number of rotatable bonds is 1. The standard InChI is InChI=1S/C20H21NO3/c1-20(2,3)24-19(23)21-12-11-15(22)13-18(21)17-10-6-8-14-7-4-5-9-16(14)17/h4-12,18H,13H2,1-3H3. The number of ketones is 1. The average Bonchev–Trinajstić information content (AvgIpc) is 2.52. The van der Waals surface area contributed by atoms with Gasteiger partial charge in [-0.2, -0.15) is 0 Å². The summed E-state index contributed by atoms with van der Waals surface area (Å²) < 4.78 is 5.50. The maximum atomic E-state index is 12.6. The van der Waals surface area contributed by atoms with Crippen LogP contribution in [0.4, 0.5) is 4.79 Å². The Balaban J connectivity index is 2.04. The fourth-order valence-electron chi connectivity index (χ4n) is 2.93. The third-order valence-electron chi connectivity index (χ3n) is 3.94. The van der Waals surface area contributed by atoms with Crippen molar-refractivity contribution in [1.29, 1.82) is 0 Å². The summed E-state index contributed by atoms with van der Waals surface area (Å²) in [6.07, 6.45) is 2.78. The first-order chi connectivity index (χ1) is 11.3. The highest BCUT2D eigenvalue weighted by atomic mass is 16.6. The van der Waals surface area contributed by atoms with Crippen LogP contribution in [0.5, 0.6) is 0 Å². The van der Waals surface area contributed by atoms with Crippen LogP contribution >= 0.6 is 0 Å². The summed E-state index contributed by atoms with van der Waals surface area (Å²) in [4.78, 5) is 26.1. The van der Waals surface area contributed by atoms with Crippen LogP contribution in [0.2, 0.25) is 0 Å². The number of amides is 1. The first kappa shape index (κ1) is 16.2. The smallest absolute Gasteiger partial charge is 0.414 e. The van der Waals surface area contributed by atoms with Gasteiger partial charge < -0.3 is 4.74 Å². The highest BCUT2D eigenvalue weighted by molar-refractivity contribution is 5.94. The van der Waals surface area contributed by atoms with E-state index < -0.39 is 11.7 Å². The highest BCUT2D eigenvalue weighted by Gasteiger charge is 2.32. The normalized spacial score (nSPS) is 18.0. The van der Waals surface area contributed by atoms with Crippen LogP contribution in [-0.2, 0) is 9.53 Å². The van der Waals surface area contributed by atoms with Crippen molar-refractivity contribution in [2.75, 3.05) is 0 Å². The van der Waals surface area contributed by atoms with Crippen LogP contribution in [0.3, 0.4) is 0 Å². The van der Waals surface area contributed by atoms with E-state index in [1.807, 2.05) is 63.2 Å². The highest BCUT2D eigenvalue weighted by Crippen LogP contribution is 2.34. The van der Waals surface area contributed by atoms with Crippen LogP contribution in [0.15, 0.2) is 54.7 Å². The van der Waals surface area contributed by atoms with Gasteiger partial charge in [-0.25, -0.2) is 4.79 Å². The molecule has 0 saturated carbocycles. The van der Waals surface area contributed by atoms with E-state index in [2.05, 4.69) is 0 Å². The van der Waals surface area contributed by atoms with Gasteiger partial charge in [0.15, 0.2) is 5.78 Å². The molecule has 1 atom stereocenters. The summed E-state index contributed by atoms with van der Waals surface area (Å²) in [5, 5.41) is 2.13. The molecular weight excluding hydrogens is 302 g/mol. The van der Waals surface area contributed by atoms with E-state index in [4.69, 9.17) is 4.74 Å². The first-order valence-corrected chi connectivity index (χ1v) is 8.05. The number of hydrogen-bond acceptors (Lipinski definition) is 3. The number of allylic oxidation sites excluding steroid dienone is 1. The zero-order valence-corrected chi connectivity index (χ0v) is 14.2. The monoisotopic (exact) mass is 323 g/mol. The molecule has 24 heavy (non-hydrogen) atoms. The van der Waals surface area contributed by atoms with E-state index in [0.29, 0.717) is 0 Å². The molecule has 4 heteroatoms. The van der Waals surface area contributed by atoms with Gasteiger partial charge in [0.1, 0.15) is 5.60 Å². The van der Waals surface area contributed by atoms with E-state index in [-0.39, 0.29) is 18.2 Å². The molecule has 2 aromatic carbocycles. The number of nitrogens with zero attached hydrogens (tertiary/aromatic N) is 1. The third kappa shape index (κ3) is 3.32. The maximum absolute atomic E-state index is 12.6. The first-order valence-electron chi connectivity index (χ1n) is 8.05. The fourth-order valence-corrected chi connectivity index (χ4v) is 2.93. The zero-order valence-electron chi connectivity index (χ0n) is 14.2. The molecule has 2 aromatic rings. The van der Waals surface area contributed by atoms with Gasteiger partial charge in [0.05, 0.1) is 6.04 Å². The Morgan fingerprint density at radius 3 is 2.58 bits per heavy atom. The molecule has 124 valence electrons. The van der Waals surface area contributed by atoms with Crippen molar-refractivity contribution in [3.05, 3.63) is 60.3 Å². The van der Waals surface area contributed by atoms with Gasteiger partial charge in [-0.15, -0.1) is 0 Å². The van der Waals surface area contributed by atoms with E-state index in [0.717, 1.165) is 16.3 Å². The van der Waals surface area contributed by atoms with Gasteiger partial charge >= 0.3 is 6.09 Å². The van der Waals surface area contributed by atoms with Crippen LogP contribution < -0.4 is 0 Å². The lowest BCUT2D eigenvalue weighted by Gasteiger charge is -2.33. The van der Waals surface area contributed by atoms with Crippen LogP contribution in [0.25, 0.3) is 10.8 Å². The lowest BCUT2D eigenvalue weighted by atomic mass is 9.93. The van der Waals surface area contributed by atoms with Gasteiger partial charge in [0.2, 0.25) is 0 Å². The zero-order chi connectivity index (χ0) is 17.3. The second-order valence-corrected chi connectivity index (χ2v) is 6.96. The summed E-state index contributed by atoms with van der Waals surface area (Å²) in [7, 11) is 0. The van der Waals surface area contributed by atoms with Gasteiger partial charge in [-0.3, -0.25) is 9.69 Å². The van der Waals surface area contributed by atoms with E-state index in [1.54, 1.807) is 0 Å². The molecule has 0 saturated heterocycles. The van der Waals surface area contributed by atoms with Crippen LogP contribution in [0.1, 0.15) is 38.8 Å². The Bertz CT molecular complexity index is 812. The van der Waals surface area contributed by atoms with Gasteiger partial charge in [0, 0.05) is 12.6 Å². The lowest BCUT2D eigenvalue weighted by Crippen LogP contribution is -2.38. The number of ether oxygens (including phenoxy) is 1. The molecule has 0 aromatic heterocycles. The molecule has 1 amide bonds. The van der Waals surface area contributed by atoms with E-state index in [1.165, 1.54) is 17.2 Å². The maximum Gasteiger partial charge on any atom is 0.414 e. The fraction of sp³-hybridized carbons (Fsp3) is 0.300. The predicted molar refractivity (Wildman–Crippen MR) is 93.5 cm³/mol. The molecule has 4 nitrogen and oxygen atoms in total. The lowest BCUT2D eigenvalue weighted by molar-refractivity contribution is -0.116. The molecule has 0 N–H and O–H groups in total. The molecule has 0 fully saturated rings. The third-order valence-corrected chi connectivity index (χ3v) is 3.94. The molecule has 3 rings (SSSR count). The predicted octanol–water partition coefficient (Wildman–Crippen LogP) is 4.60. The molecule has 1 aliphatic heterocycles. The summed E-state index contributed by atoms with van der Waals surface area (Å²) in [5.41, 5.74) is 0.368. The number of hydrogen-bond donors (Lipinski definition) is 0. The molecule has 1 heterocycles. The molecule has 1 aliphatic rings. The quantitative estimate of drug-likeness (QED) is 0.770. The number of benzene rings is 2. The van der Waals surface area contributed by atoms with Crippen molar-refractivity contribution in [2.45, 2.75) is 38.8 Å². The van der Waals surface area contributed by atoms with E-state index >= 15 is 0 Å². The Morgan fingerprint density at radius 2 is 1.83 bits per heavy atom. The van der Waals surface area contributed by atoms with Gasteiger partial charge in [-0.05, 0) is 43.2 Å². The molecule has 0 bridgehead atoms. The van der Waals surface area contributed by atoms with Crippen LogP contribution in [0, 0.1) is 0 Å². The van der Waals surface area contributed by atoms with Crippen LogP contribution in [-0.4, -0.2) is 22.4 Å². The molecule has 0 spiro atoms. The average molecular weight is 323 g/mol. The van der Waals surface area contributed by atoms with E-state index in [9.17, 15) is 9.59 Å². The molecular formula is C20H21NO3. The molecule has 0 aliphatic carbocycles. The summed E-state index contributed by atoms with van der Waals surface area (Å²) in [6.45, 7) is 5.49. The van der Waals surface area contributed by atoms with Crippen molar-refractivity contribution in [2.24, 2.45) is 0 Å². The van der Waals surface area contributed by atoms with Crippen molar-refractivity contribution >= 4 is 22.6 Å². The molecule has 1 unspecified atom stereocenters. The topological polar surface area (TPSA) is 46.6 Å². The number of carbonyl (C=O) groups is 2. The Morgan fingerprint density at radius 1 is 1.12 bits per heavy atom. The summed E-state index contributed by atoms with van der Waals surface area (Å²) >= 11 is 0. The minimum absolute atomic E-state index is 0.00717. The second kappa shape index (κ2) is 6.11. The Kier molecular flexibility index (Phi) is 4.14. The van der Waals surface area contributed by atoms with Crippen molar-refractivity contribution < 1.29 is 14.3 Å². The van der Waals surface area contributed by atoms with Crippen molar-refractivity contribution in [3.8, 4) is 0 Å².